The van der Waals surface area contributed by atoms with Gasteiger partial charge >= 0.3 is 0 Å². The normalized spacial score (nSPS) is 16.1. The SMILES string of the molecule is COc1ccc(N2CCCN(C(=O)c3nn(-c4ccccc4C)c4c3CCC4)CC2)cc1. The van der Waals surface area contributed by atoms with E-state index in [1.807, 2.05) is 33.8 Å². The number of benzene rings is 2. The van der Waals surface area contributed by atoms with Gasteiger partial charge in [-0.2, -0.15) is 5.10 Å². The van der Waals surface area contributed by atoms with Crippen molar-refractivity contribution in [1.29, 1.82) is 0 Å². The fourth-order valence-electron chi connectivity index (χ4n) is 4.93. The van der Waals surface area contributed by atoms with Crippen LogP contribution in [0.2, 0.25) is 0 Å². The van der Waals surface area contributed by atoms with Crippen LogP contribution < -0.4 is 9.64 Å². The summed E-state index contributed by atoms with van der Waals surface area (Å²) in [5, 5.41) is 4.86. The molecule has 2 heterocycles. The van der Waals surface area contributed by atoms with Crippen LogP contribution in [0, 0.1) is 6.92 Å². The number of anilines is 1. The Hall–Kier alpha value is -3.28. The van der Waals surface area contributed by atoms with Crippen molar-refractivity contribution >= 4 is 11.6 Å². The van der Waals surface area contributed by atoms with Crippen molar-refractivity contribution in [3.8, 4) is 11.4 Å². The van der Waals surface area contributed by atoms with Crippen LogP contribution in [0.4, 0.5) is 5.69 Å². The highest BCUT2D eigenvalue weighted by molar-refractivity contribution is 5.94. The van der Waals surface area contributed by atoms with Gasteiger partial charge in [-0.05, 0) is 68.5 Å². The second-order valence-electron chi connectivity index (χ2n) is 8.66. The molecule has 0 bridgehead atoms. The maximum atomic E-state index is 13.6. The first-order valence-electron chi connectivity index (χ1n) is 11.5. The van der Waals surface area contributed by atoms with Gasteiger partial charge in [-0.3, -0.25) is 4.79 Å². The van der Waals surface area contributed by atoms with E-state index in [1.165, 1.54) is 16.9 Å². The molecule has 2 aliphatic rings. The second kappa shape index (κ2) is 8.69. The summed E-state index contributed by atoms with van der Waals surface area (Å²) < 4.78 is 7.30. The zero-order valence-electron chi connectivity index (χ0n) is 18.9. The van der Waals surface area contributed by atoms with Crippen LogP contribution in [-0.4, -0.2) is 53.9 Å². The lowest BCUT2D eigenvalue weighted by Crippen LogP contribution is -2.36. The topological polar surface area (TPSA) is 50.6 Å². The number of rotatable bonds is 4. The van der Waals surface area contributed by atoms with Crippen LogP contribution in [0.25, 0.3) is 5.69 Å². The molecule has 1 aliphatic heterocycles. The third-order valence-electron chi connectivity index (χ3n) is 6.70. The van der Waals surface area contributed by atoms with E-state index in [9.17, 15) is 4.79 Å². The number of ether oxygens (including phenoxy) is 1. The van der Waals surface area contributed by atoms with Crippen LogP contribution in [0.1, 0.15) is 40.2 Å². The number of para-hydroxylation sites is 1. The highest BCUT2D eigenvalue weighted by Gasteiger charge is 2.30. The number of methoxy groups -OCH3 is 1. The third kappa shape index (κ3) is 3.74. The first kappa shape index (κ1) is 20.6. The molecule has 0 atom stereocenters. The predicted molar refractivity (Wildman–Crippen MR) is 126 cm³/mol. The molecule has 6 heteroatoms. The molecule has 1 aromatic heterocycles. The summed E-state index contributed by atoms with van der Waals surface area (Å²) in [6, 6.07) is 16.4. The fraction of sp³-hybridized carbons (Fsp3) is 0.385. The van der Waals surface area contributed by atoms with Crippen LogP contribution in [0.15, 0.2) is 48.5 Å². The van der Waals surface area contributed by atoms with Gasteiger partial charge in [0.15, 0.2) is 5.69 Å². The Morgan fingerprint density at radius 2 is 1.75 bits per heavy atom. The number of carbonyl (C=O) groups excluding carboxylic acids is 1. The number of amides is 1. The van der Waals surface area contributed by atoms with Crippen molar-refractivity contribution in [3.05, 3.63) is 71.0 Å². The lowest BCUT2D eigenvalue weighted by Gasteiger charge is -2.23. The molecule has 0 radical (unpaired) electrons. The molecule has 0 saturated carbocycles. The van der Waals surface area contributed by atoms with Crippen molar-refractivity contribution in [2.24, 2.45) is 0 Å². The van der Waals surface area contributed by atoms with Gasteiger partial charge in [0.2, 0.25) is 0 Å². The lowest BCUT2D eigenvalue weighted by molar-refractivity contribution is 0.0759. The number of fused-ring (bicyclic) bond motifs is 1. The van der Waals surface area contributed by atoms with Crippen LogP contribution in [0.5, 0.6) is 5.75 Å². The fourth-order valence-corrected chi connectivity index (χ4v) is 4.93. The largest absolute Gasteiger partial charge is 0.497 e. The van der Waals surface area contributed by atoms with Crippen LogP contribution in [-0.2, 0) is 12.8 Å². The number of aromatic nitrogens is 2. The molecule has 1 saturated heterocycles. The van der Waals surface area contributed by atoms with E-state index in [1.54, 1.807) is 7.11 Å². The molecule has 6 nitrogen and oxygen atoms in total. The summed E-state index contributed by atoms with van der Waals surface area (Å²) in [6.07, 6.45) is 3.95. The predicted octanol–water partition coefficient (Wildman–Crippen LogP) is 4.03. The minimum atomic E-state index is 0.0760. The van der Waals surface area contributed by atoms with Crippen LogP contribution in [0.3, 0.4) is 0 Å². The number of hydrogen-bond donors (Lipinski definition) is 0. The average Bonchev–Trinajstić information content (AvgIpc) is 3.34. The van der Waals surface area contributed by atoms with E-state index in [2.05, 4.69) is 36.1 Å². The number of aryl methyl sites for hydroxylation is 1. The third-order valence-corrected chi connectivity index (χ3v) is 6.70. The minimum Gasteiger partial charge on any atom is -0.497 e. The summed E-state index contributed by atoms with van der Waals surface area (Å²) in [4.78, 5) is 17.9. The van der Waals surface area contributed by atoms with Gasteiger partial charge in [-0.15, -0.1) is 0 Å². The summed E-state index contributed by atoms with van der Waals surface area (Å²) in [7, 11) is 1.68. The Morgan fingerprint density at radius 1 is 0.938 bits per heavy atom. The van der Waals surface area contributed by atoms with Gasteiger partial charge < -0.3 is 14.5 Å². The van der Waals surface area contributed by atoms with Gasteiger partial charge in [-0.25, -0.2) is 4.68 Å². The zero-order valence-corrected chi connectivity index (χ0v) is 18.9. The van der Waals surface area contributed by atoms with E-state index in [-0.39, 0.29) is 5.91 Å². The van der Waals surface area contributed by atoms with Crippen molar-refractivity contribution in [2.75, 3.05) is 38.2 Å². The molecule has 166 valence electrons. The summed E-state index contributed by atoms with van der Waals surface area (Å²) in [6.45, 7) is 5.32. The van der Waals surface area contributed by atoms with Crippen molar-refractivity contribution in [3.63, 3.8) is 0 Å². The van der Waals surface area contributed by atoms with E-state index in [0.717, 1.165) is 62.3 Å². The monoisotopic (exact) mass is 430 g/mol. The molecule has 0 unspecified atom stereocenters. The maximum Gasteiger partial charge on any atom is 0.274 e. The zero-order chi connectivity index (χ0) is 22.1. The summed E-state index contributed by atoms with van der Waals surface area (Å²) in [5.74, 6) is 0.936. The Kier molecular flexibility index (Phi) is 5.60. The second-order valence-corrected chi connectivity index (χ2v) is 8.66. The van der Waals surface area contributed by atoms with Gasteiger partial charge in [0.25, 0.3) is 5.91 Å². The Labute approximate surface area is 189 Å². The Morgan fingerprint density at radius 3 is 2.53 bits per heavy atom. The van der Waals surface area contributed by atoms with E-state index < -0.39 is 0 Å². The molecule has 0 spiro atoms. The Bertz CT molecular complexity index is 1120. The van der Waals surface area contributed by atoms with Gasteiger partial charge in [0.1, 0.15) is 5.75 Å². The molecule has 1 amide bonds. The maximum absolute atomic E-state index is 13.6. The van der Waals surface area contributed by atoms with Crippen molar-refractivity contribution < 1.29 is 9.53 Å². The smallest absolute Gasteiger partial charge is 0.274 e. The van der Waals surface area contributed by atoms with E-state index in [0.29, 0.717) is 12.2 Å². The van der Waals surface area contributed by atoms with Crippen molar-refractivity contribution in [2.45, 2.75) is 32.6 Å². The highest BCUT2D eigenvalue weighted by Crippen LogP contribution is 2.30. The standard InChI is InChI=1S/C26H30N4O2/c1-19-7-3-4-9-23(19)30-24-10-5-8-22(24)25(27-30)26(31)29-16-6-15-28(17-18-29)20-11-13-21(32-2)14-12-20/h3-4,7,9,11-14H,5-6,8,10,15-18H2,1-2H3. The highest BCUT2D eigenvalue weighted by atomic mass is 16.5. The first-order valence-corrected chi connectivity index (χ1v) is 11.5. The Balaban J connectivity index is 1.37. The van der Waals surface area contributed by atoms with Gasteiger partial charge in [0, 0.05) is 43.1 Å². The summed E-state index contributed by atoms with van der Waals surface area (Å²) >= 11 is 0. The molecule has 3 aromatic rings. The number of nitrogens with zero attached hydrogens (tertiary/aromatic N) is 4. The number of carbonyl (C=O) groups is 1. The molecule has 5 rings (SSSR count). The molecule has 2 aromatic carbocycles. The van der Waals surface area contributed by atoms with E-state index in [4.69, 9.17) is 9.84 Å². The molecule has 1 fully saturated rings. The van der Waals surface area contributed by atoms with E-state index >= 15 is 0 Å². The summed E-state index contributed by atoms with van der Waals surface area (Å²) in [5.41, 5.74) is 6.43. The van der Waals surface area contributed by atoms with Gasteiger partial charge in [0.05, 0.1) is 12.8 Å². The minimum absolute atomic E-state index is 0.0760. The molecular weight excluding hydrogens is 400 g/mol. The average molecular weight is 431 g/mol. The molecule has 32 heavy (non-hydrogen) atoms. The van der Waals surface area contributed by atoms with Gasteiger partial charge in [-0.1, -0.05) is 18.2 Å². The lowest BCUT2D eigenvalue weighted by atomic mass is 10.1. The van der Waals surface area contributed by atoms with Crippen LogP contribution >= 0.6 is 0 Å². The van der Waals surface area contributed by atoms with Crippen molar-refractivity contribution in [1.82, 2.24) is 14.7 Å². The molecule has 0 N–H and O–H groups in total. The first-order chi connectivity index (χ1) is 15.7. The quantitative estimate of drug-likeness (QED) is 0.627. The number of hydrogen-bond acceptors (Lipinski definition) is 4. The molecular formula is C26H30N4O2. The molecule has 1 aliphatic carbocycles.